The molecule has 4 nitrogen and oxygen atoms in total. The SMILES string of the molecule is N#Cc1ccc(-c2cc(-c3ccc4ccccc4c3)cc(-c3nc(-c4ccc(-c5ccccc5)cc4)nc(-c4ccc(C56C[C@H]7C[C@@H](C5)C[C@@H](C6)C7)cc4)n3)c2)cc1. The van der Waals surface area contributed by atoms with Gasteiger partial charge in [-0.15, -0.1) is 0 Å². The number of benzene rings is 7. The summed E-state index contributed by atoms with van der Waals surface area (Å²) in [5.74, 6) is 4.61. The smallest absolute Gasteiger partial charge is 0.164 e. The van der Waals surface area contributed by atoms with Crippen molar-refractivity contribution in [1.82, 2.24) is 15.0 Å². The lowest BCUT2D eigenvalue weighted by Gasteiger charge is -2.57. The Labute approximate surface area is 340 Å². The van der Waals surface area contributed by atoms with Gasteiger partial charge in [-0.05, 0) is 148 Å². The molecule has 0 atom stereocenters. The highest BCUT2D eigenvalue weighted by molar-refractivity contribution is 5.89. The van der Waals surface area contributed by atoms with E-state index in [0.717, 1.165) is 62.3 Å². The summed E-state index contributed by atoms with van der Waals surface area (Å²) in [4.78, 5) is 15.7. The molecule has 4 saturated carbocycles. The molecule has 0 amide bonds. The first-order valence-corrected chi connectivity index (χ1v) is 20.7. The molecule has 0 radical (unpaired) electrons. The fourth-order valence-corrected chi connectivity index (χ4v) is 10.8. The van der Waals surface area contributed by atoms with E-state index in [-0.39, 0.29) is 0 Å². The van der Waals surface area contributed by atoms with Crippen LogP contribution in [0.5, 0.6) is 0 Å². The van der Waals surface area contributed by atoms with Crippen molar-refractivity contribution in [3.63, 3.8) is 0 Å². The first-order chi connectivity index (χ1) is 28.5. The van der Waals surface area contributed by atoms with Gasteiger partial charge in [-0.3, -0.25) is 0 Å². The maximum atomic E-state index is 9.54. The van der Waals surface area contributed by atoms with E-state index >= 15 is 0 Å². The zero-order valence-electron chi connectivity index (χ0n) is 32.4. The summed E-state index contributed by atoms with van der Waals surface area (Å²) < 4.78 is 0. The summed E-state index contributed by atoms with van der Waals surface area (Å²) in [6.45, 7) is 0. The maximum absolute atomic E-state index is 9.54. The van der Waals surface area contributed by atoms with Crippen molar-refractivity contribution in [2.24, 2.45) is 17.8 Å². The largest absolute Gasteiger partial charge is 0.208 e. The van der Waals surface area contributed by atoms with Gasteiger partial charge in [0, 0.05) is 16.7 Å². The summed E-state index contributed by atoms with van der Waals surface area (Å²) in [6, 6.07) is 60.0. The monoisotopic (exact) mass is 746 g/mol. The van der Waals surface area contributed by atoms with Crippen LogP contribution < -0.4 is 0 Å². The van der Waals surface area contributed by atoms with E-state index in [2.05, 4.69) is 140 Å². The van der Waals surface area contributed by atoms with Crippen molar-refractivity contribution < 1.29 is 0 Å². The van der Waals surface area contributed by atoms with Crippen molar-refractivity contribution in [1.29, 1.82) is 5.26 Å². The third kappa shape index (κ3) is 6.38. The van der Waals surface area contributed by atoms with Gasteiger partial charge in [0.05, 0.1) is 11.6 Å². The Bertz CT molecular complexity index is 2820. The lowest BCUT2D eigenvalue weighted by Crippen LogP contribution is -2.48. The second-order valence-corrected chi connectivity index (χ2v) is 17.1. The van der Waals surface area contributed by atoms with E-state index < -0.39 is 0 Å². The van der Waals surface area contributed by atoms with Crippen molar-refractivity contribution in [2.75, 3.05) is 0 Å². The van der Waals surface area contributed by atoms with Crippen molar-refractivity contribution in [2.45, 2.75) is 43.9 Å². The molecule has 0 N–H and O–H groups in total. The quantitative estimate of drug-likeness (QED) is 0.163. The van der Waals surface area contributed by atoms with Crippen LogP contribution in [0.1, 0.15) is 49.7 Å². The van der Waals surface area contributed by atoms with Gasteiger partial charge in [0.25, 0.3) is 0 Å². The molecule has 7 aromatic carbocycles. The van der Waals surface area contributed by atoms with Crippen LogP contribution in [0.4, 0.5) is 0 Å². The molecule has 0 unspecified atom stereocenters. The molecule has 0 saturated heterocycles. The number of hydrogen-bond acceptors (Lipinski definition) is 4. The molecule has 8 aromatic rings. The van der Waals surface area contributed by atoms with Crippen LogP contribution in [0, 0.1) is 29.1 Å². The van der Waals surface area contributed by atoms with Crippen LogP contribution in [0.25, 0.3) is 78.3 Å². The Hall–Kier alpha value is -6.70. The van der Waals surface area contributed by atoms with Gasteiger partial charge in [0.15, 0.2) is 17.5 Å². The van der Waals surface area contributed by atoms with Crippen LogP contribution in [0.15, 0.2) is 164 Å². The average Bonchev–Trinajstić information content (AvgIpc) is 3.28. The minimum Gasteiger partial charge on any atom is -0.208 e. The number of fused-ring (bicyclic) bond motifs is 1. The number of rotatable bonds is 7. The minimum atomic E-state index is 0.328. The van der Waals surface area contributed by atoms with E-state index in [1.807, 2.05) is 30.3 Å². The topological polar surface area (TPSA) is 62.5 Å². The lowest BCUT2D eigenvalue weighted by molar-refractivity contribution is -0.00518. The van der Waals surface area contributed by atoms with E-state index in [9.17, 15) is 5.26 Å². The summed E-state index contributed by atoms with van der Waals surface area (Å²) in [6.07, 6.45) is 8.34. The number of aromatic nitrogens is 3. The summed E-state index contributed by atoms with van der Waals surface area (Å²) in [5, 5.41) is 11.9. The molecule has 0 spiro atoms. The van der Waals surface area contributed by atoms with Crippen molar-refractivity contribution >= 4 is 10.8 Å². The van der Waals surface area contributed by atoms with Crippen LogP contribution in [-0.4, -0.2) is 15.0 Å². The van der Waals surface area contributed by atoms with E-state index in [1.54, 1.807) is 0 Å². The van der Waals surface area contributed by atoms with Crippen molar-refractivity contribution in [3.05, 3.63) is 175 Å². The zero-order chi connectivity index (χ0) is 38.6. The number of nitrogens with zero attached hydrogens (tertiary/aromatic N) is 4. The first kappa shape index (κ1) is 34.5. The minimum absolute atomic E-state index is 0.328. The summed E-state index contributed by atoms with van der Waals surface area (Å²) in [7, 11) is 0. The second-order valence-electron chi connectivity index (χ2n) is 17.1. The predicted octanol–water partition coefficient (Wildman–Crippen LogP) is 13.4. The third-order valence-electron chi connectivity index (χ3n) is 13.3. The Morgan fingerprint density at radius 1 is 0.397 bits per heavy atom. The Morgan fingerprint density at radius 3 is 1.47 bits per heavy atom. The average molecular weight is 747 g/mol. The highest BCUT2D eigenvalue weighted by atomic mass is 15.0. The molecular weight excluding hydrogens is 705 g/mol. The fourth-order valence-electron chi connectivity index (χ4n) is 10.8. The lowest BCUT2D eigenvalue weighted by atomic mass is 9.48. The van der Waals surface area contributed by atoms with E-state index in [4.69, 9.17) is 15.0 Å². The predicted molar refractivity (Wildman–Crippen MR) is 235 cm³/mol. The normalized spacial score (nSPS) is 20.6. The molecule has 278 valence electrons. The molecular formula is C54H42N4. The Morgan fingerprint density at radius 2 is 0.845 bits per heavy atom. The van der Waals surface area contributed by atoms with Gasteiger partial charge in [-0.2, -0.15) is 5.26 Å². The zero-order valence-corrected chi connectivity index (χ0v) is 32.4. The second kappa shape index (κ2) is 14.0. The van der Waals surface area contributed by atoms with Gasteiger partial charge < -0.3 is 0 Å². The molecule has 4 aliphatic rings. The molecule has 1 aromatic heterocycles. The van der Waals surface area contributed by atoms with E-state index in [1.165, 1.54) is 60.4 Å². The fraction of sp³-hybridized carbons (Fsp3) is 0.185. The van der Waals surface area contributed by atoms with Crippen LogP contribution >= 0.6 is 0 Å². The Balaban J connectivity index is 1.05. The molecule has 4 bridgehead atoms. The van der Waals surface area contributed by atoms with Gasteiger partial charge in [0.2, 0.25) is 0 Å². The van der Waals surface area contributed by atoms with Gasteiger partial charge in [-0.25, -0.2) is 15.0 Å². The highest BCUT2D eigenvalue weighted by Gasteiger charge is 2.51. The summed E-state index contributed by atoms with van der Waals surface area (Å²) >= 11 is 0. The van der Waals surface area contributed by atoms with Crippen LogP contribution in [-0.2, 0) is 5.41 Å². The maximum Gasteiger partial charge on any atom is 0.164 e. The number of nitriles is 1. The first-order valence-electron chi connectivity index (χ1n) is 20.7. The molecule has 4 fully saturated rings. The van der Waals surface area contributed by atoms with Gasteiger partial charge in [0.1, 0.15) is 0 Å². The summed E-state index contributed by atoms with van der Waals surface area (Å²) in [5.41, 5.74) is 11.8. The van der Waals surface area contributed by atoms with Gasteiger partial charge in [-0.1, -0.05) is 127 Å². The highest BCUT2D eigenvalue weighted by Crippen LogP contribution is 2.60. The number of hydrogen-bond donors (Lipinski definition) is 0. The van der Waals surface area contributed by atoms with Crippen LogP contribution in [0.3, 0.4) is 0 Å². The van der Waals surface area contributed by atoms with E-state index in [0.29, 0.717) is 28.5 Å². The molecule has 4 heteroatoms. The Kier molecular flexibility index (Phi) is 8.36. The van der Waals surface area contributed by atoms with Gasteiger partial charge >= 0.3 is 0 Å². The molecule has 58 heavy (non-hydrogen) atoms. The molecule has 0 aliphatic heterocycles. The van der Waals surface area contributed by atoms with Crippen molar-refractivity contribution in [3.8, 4) is 73.6 Å². The third-order valence-corrected chi connectivity index (χ3v) is 13.3. The molecule has 12 rings (SSSR count). The molecule has 4 aliphatic carbocycles. The van der Waals surface area contributed by atoms with Crippen LogP contribution in [0.2, 0.25) is 0 Å². The molecule has 1 heterocycles. The standard InChI is InChI=1S/C54H42N4/c55-34-35-10-12-42(13-11-35)47-28-48(46-19-16-40-8-4-5-9-45(40)27-46)30-49(29-47)53-57-51(43-17-14-41(15-18-43)39-6-2-1-3-7-39)56-52(58-53)44-20-22-50(23-21-44)54-31-36-24-37(32-54)26-38(25-36)33-54/h1-23,27-30,36-38H,24-26,31-33H2/t36-,37+,38-,54?.